The van der Waals surface area contributed by atoms with Crippen molar-refractivity contribution in [1.82, 2.24) is 0 Å². The molecular formula is C8H13ClO3. The molecule has 2 atom stereocenters. The molecule has 2 unspecified atom stereocenters. The molecule has 1 rings (SSSR count). The first-order chi connectivity index (χ1) is 5.32. The van der Waals surface area contributed by atoms with Crippen LogP contribution in [-0.2, 0) is 14.3 Å². The van der Waals surface area contributed by atoms with Crippen LogP contribution in [-0.4, -0.2) is 24.2 Å². The Labute approximate surface area is 77.0 Å². The predicted octanol–water partition coefficient (Wildman–Crippen LogP) is 1.54. The lowest BCUT2D eigenvalue weighted by Gasteiger charge is -2.15. The summed E-state index contributed by atoms with van der Waals surface area (Å²) in [6.45, 7) is 5.89. The van der Waals surface area contributed by atoms with Crippen LogP contribution in [0.4, 0.5) is 0 Å². The summed E-state index contributed by atoms with van der Waals surface area (Å²) >= 11 is 5.85. The van der Waals surface area contributed by atoms with Crippen LogP contribution in [0, 0.1) is 5.41 Å². The van der Waals surface area contributed by atoms with Crippen molar-refractivity contribution in [3.63, 3.8) is 0 Å². The monoisotopic (exact) mass is 192 g/mol. The third-order valence-electron chi connectivity index (χ3n) is 1.82. The summed E-state index contributed by atoms with van der Waals surface area (Å²) in [5.74, 6) is -0.510. The molecule has 0 N–H and O–H groups in total. The zero-order valence-corrected chi connectivity index (χ0v) is 8.44. The molecule has 1 aliphatic heterocycles. The zero-order chi connectivity index (χ0) is 9.57. The SMILES string of the molecule is COC(=O)C1(Cl)OC1C(C)(C)C. The van der Waals surface area contributed by atoms with Crippen LogP contribution >= 0.6 is 11.6 Å². The highest BCUT2D eigenvalue weighted by Gasteiger charge is 2.67. The van der Waals surface area contributed by atoms with Gasteiger partial charge in [-0.05, 0) is 5.41 Å². The molecular weight excluding hydrogens is 180 g/mol. The maximum absolute atomic E-state index is 11.1. The number of carbonyl (C=O) groups excluding carboxylic acids is 1. The molecule has 12 heavy (non-hydrogen) atoms. The van der Waals surface area contributed by atoms with Gasteiger partial charge in [-0.2, -0.15) is 0 Å². The fourth-order valence-corrected chi connectivity index (χ4v) is 1.66. The minimum Gasteiger partial charge on any atom is -0.466 e. The van der Waals surface area contributed by atoms with Crippen molar-refractivity contribution in [1.29, 1.82) is 0 Å². The van der Waals surface area contributed by atoms with Crippen LogP contribution in [0.25, 0.3) is 0 Å². The van der Waals surface area contributed by atoms with E-state index < -0.39 is 11.0 Å². The van der Waals surface area contributed by atoms with Gasteiger partial charge in [0.15, 0.2) is 0 Å². The van der Waals surface area contributed by atoms with Gasteiger partial charge in [0, 0.05) is 0 Å². The number of esters is 1. The van der Waals surface area contributed by atoms with Crippen LogP contribution in [0.5, 0.6) is 0 Å². The highest BCUT2D eigenvalue weighted by Crippen LogP contribution is 2.50. The minimum absolute atomic E-state index is 0.129. The van der Waals surface area contributed by atoms with Crippen molar-refractivity contribution in [3.8, 4) is 0 Å². The normalized spacial score (nSPS) is 34.6. The molecule has 0 aliphatic carbocycles. The number of rotatable bonds is 1. The maximum atomic E-state index is 11.1. The molecule has 0 aromatic rings. The molecule has 0 radical (unpaired) electrons. The standard InChI is InChI=1S/C8H13ClO3/c1-7(2,3)5-8(9,12-5)6(10)11-4/h5H,1-4H3. The second-order valence-corrected chi connectivity index (χ2v) is 4.56. The zero-order valence-electron chi connectivity index (χ0n) is 7.68. The molecule has 1 saturated heterocycles. The molecule has 4 heteroatoms. The van der Waals surface area contributed by atoms with Gasteiger partial charge in [0.1, 0.15) is 6.10 Å². The van der Waals surface area contributed by atoms with Gasteiger partial charge >= 0.3 is 5.97 Å². The fourth-order valence-electron chi connectivity index (χ4n) is 1.17. The number of hydrogen-bond acceptors (Lipinski definition) is 3. The Morgan fingerprint density at radius 2 is 2.08 bits per heavy atom. The molecule has 0 aromatic heterocycles. The first-order valence-electron chi connectivity index (χ1n) is 3.77. The number of methoxy groups -OCH3 is 1. The van der Waals surface area contributed by atoms with E-state index in [2.05, 4.69) is 4.74 Å². The summed E-state index contributed by atoms with van der Waals surface area (Å²) in [6.07, 6.45) is -0.251. The largest absolute Gasteiger partial charge is 0.466 e. The molecule has 0 amide bonds. The van der Waals surface area contributed by atoms with Crippen molar-refractivity contribution in [3.05, 3.63) is 0 Å². The third-order valence-corrected chi connectivity index (χ3v) is 2.26. The Bertz CT molecular complexity index is 209. The molecule has 0 spiro atoms. The summed E-state index contributed by atoms with van der Waals surface area (Å²) in [4.78, 5) is 11.1. The van der Waals surface area contributed by atoms with Crippen LogP contribution in [0.15, 0.2) is 0 Å². The summed E-state index contributed by atoms with van der Waals surface area (Å²) in [5, 5.41) is -1.23. The Morgan fingerprint density at radius 1 is 1.58 bits per heavy atom. The second-order valence-electron chi connectivity index (χ2n) is 4.00. The number of hydrogen-bond donors (Lipinski definition) is 0. The van der Waals surface area contributed by atoms with Gasteiger partial charge in [0.05, 0.1) is 7.11 Å². The molecule has 70 valence electrons. The maximum Gasteiger partial charge on any atom is 0.356 e. The van der Waals surface area contributed by atoms with E-state index in [0.717, 1.165) is 0 Å². The first kappa shape index (κ1) is 9.81. The van der Waals surface area contributed by atoms with E-state index >= 15 is 0 Å². The van der Waals surface area contributed by atoms with E-state index in [0.29, 0.717) is 0 Å². The average Bonchev–Trinajstić information content (AvgIpc) is 2.61. The molecule has 0 saturated carbocycles. The summed E-state index contributed by atoms with van der Waals surface area (Å²) in [6, 6.07) is 0. The first-order valence-corrected chi connectivity index (χ1v) is 4.15. The highest BCUT2D eigenvalue weighted by atomic mass is 35.5. The molecule has 1 heterocycles. The molecule has 0 aromatic carbocycles. The Morgan fingerprint density at radius 3 is 2.33 bits per heavy atom. The molecule has 1 aliphatic rings. The highest BCUT2D eigenvalue weighted by molar-refractivity contribution is 6.35. The lowest BCUT2D eigenvalue weighted by atomic mass is 9.90. The van der Waals surface area contributed by atoms with E-state index in [-0.39, 0.29) is 11.5 Å². The number of halogens is 1. The van der Waals surface area contributed by atoms with Gasteiger partial charge in [0.2, 0.25) is 0 Å². The van der Waals surface area contributed by atoms with E-state index in [1.165, 1.54) is 7.11 Å². The van der Waals surface area contributed by atoms with Gasteiger partial charge in [0.25, 0.3) is 5.06 Å². The number of alkyl halides is 1. The Balaban J connectivity index is 2.66. The lowest BCUT2D eigenvalue weighted by molar-refractivity contribution is -0.143. The van der Waals surface area contributed by atoms with Crippen molar-refractivity contribution in [2.45, 2.75) is 31.9 Å². The smallest absolute Gasteiger partial charge is 0.356 e. The minimum atomic E-state index is -1.23. The van der Waals surface area contributed by atoms with Crippen LogP contribution < -0.4 is 0 Å². The summed E-state index contributed by atoms with van der Waals surface area (Å²) in [5.41, 5.74) is -0.129. The number of epoxide rings is 1. The van der Waals surface area contributed by atoms with E-state index in [1.807, 2.05) is 20.8 Å². The van der Waals surface area contributed by atoms with Crippen LogP contribution in [0.1, 0.15) is 20.8 Å². The van der Waals surface area contributed by atoms with Gasteiger partial charge < -0.3 is 9.47 Å². The van der Waals surface area contributed by atoms with Crippen molar-refractivity contribution in [2.24, 2.45) is 5.41 Å². The number of carbonyl (C=O) groups is 1. The van der Waals surface area contributed by atoms with Gasteiger partial charge in [-0.1, -0.05) is 32.4 Å². The Kier molecular flexibility index (Phi) is 2.13. The average molecular weight is 193 g/mol. The molecule has 3 nitrogen and oxygen atoms in total. The molecule has 0 bridgehead atoms. The van der Waals surface area contributed by atoms with Gasteiger partial charge in [-0.25, -0.2) is 4.79 Å². The van der Waals surface area contributed by atoms with E-state index in [1.54, 1.807) is 0 Å². The predicted molar refractivity (Wildman–Crippen MR) is 44.9 cm³/mol. The van der Waals surface area contributed by atoms with E-state index in [9.17, 15) is 4.79 Å². The van der Waals surface area contributed by atoms with Crippen molar-refractivity contribution >= 4 is 17.6 Å². The topological polar surface area (TPSA) is 38.8 Å². The van der Waals surface area contributed by atoms with Gasteiger partial charge in [-0.15, -0.1) is 0 Å². The Hall–Kier alpha value is -0.280. The lowest BCUT2D eigenvalue weighted by Crippen LogP contribution is -2.28. The third kappa shape index (κ3) is 1.43. The number of ether oxygens (including phenoxy) is 2. The van der Waals surface area contributed by atoms with Crippen molar-refractivity contribution < 1.29 is 14.3 Å². The molecule has 1 fully saturated rings. The summed E-state index contributed by atoms with van der Waals surface area (Å²) in [7, 11) is 1.30. The second kappa shape index (κ2) is 2.60. The van der Waals surface area contributed by atoms with E-state index in [4.69, 9.17) is 16.3 Å². The fraction of sp³-hybridized carbons (Fsp3) is 0.875. The van der Waals surface area contributed by atoms with Crippen molar-refractivity contribution in [2.75, 3.05) is 7.11 Å². The summed E-state index contributed by atoms with van der Waals surface area (Å²) < 4.78 is 9.62. The van der Waals surface area contributed by atoms with Crippen LogP contribution in [0.2, 0.25) is 0 Å². The quantitative estimate of drug-likeness (QED) is 0.359. The van der Waals surface area contributed by atoms with Crippen LogP contribution in [0.3, 0.4) is 0 Å². The van der Waals surface area contributed by atoms with Gasteiger partial charge in [-0.3, -0.25) is 0 Å².